The first-order chi connectivity index (χ1) is 11.2. The molecule has 2 aromatic rings. The van der Waals surface area contributed by atoms with Crippen LogP contribution in [0.25, 0.3) is 11.3 Å². The zero-order valence-corrected chi connectivity index (χ0v) is 14.1. The predicted molar refractivity (Wildman–Crippen MR) is 89.1 cm³/mol. The highest BCUT2D eigenvalue weighted by Crippen LogP contribution is 2.43. The third-order valence-corrected chi connectivity index (χ3v) is 4.37. The lowest BCUT2D eigenvalue weighted by molar-refractivity contribution is -0.142. The highest BCUT2D eigenvalue weighted by molar-refractivity contribution is 8.12. The van der Waals surface area contributed by atoms with Crippen LogP contribution < -0.4 is 5.73 Å². The maximum absolute atomic E-state index is 13.4. The van der Waals surface area contributed by atoms with Gasteiger partial charge in [0.15, 0.2) is 5.17 Å². The number of nitrogens with zero attached hydrogens (tertiary/aromatic N) is 2. The van der Waals surface area contributed by atoms with E-state index in [9.17, 15) is 18.4 Å². The third-order valence-electron chi connectivity index (χ3n) is 3.05. The Bertz CT molecular complexity index is 823. The van der Waals surface area contributed by atoms with Crippen LogP contribution in [0, 0.1) is 16.7 Å². The second-order valence-electron chi connectivity index (χ2n) is 4.57. The molecule has 24 heavy (non-hydrogen) atoms. The smallest absolute Gasteiger partial charge is 0.379 e. The molecular weight excluding hydrogens is 384 g/mol. The van der Waals surface area contributed by atoms with E-state index in [0.29, 0.717) is 22.3 Å². The summed E-state index contributed by atoms with van der Waals surface area (Å²) in [6.45, 7) is 0. The van der Waals surface area contributed by atoms with Crippen LogP contribution in [0.2, 0.25) is 10.0 Å². The molecule has 0 saturated heterocycles. The van der Waals surface area contributed by atoms with Gasteiger partial charge in [-0.15, -0.1) is 0 Å². The van der Waals surface area contributed by atoms with E-state index in [1.807, 2.05) is 0 Å². The Balaban J connectivity index is 2.77. The monoisotopic (exact) mass is 392 g/mol. The fraction of sp³-hybridized carbons (Fsp3) is 0.143. The van der Waals surface area contributed by atoms with Gasteiger partial charge in [0.25, 0.3) is 0 Å². The second-order valence-corrected chi connectivity index (χ2v) is 6.37. The van der Waals surface area contributed by atoms with E-state index in [-0.39, 0.29) is 22.3 Å². The summed E-state index contributed by atoms with van der Waals surface area (Å²) < 4.78 is 41.1. The molecule has 0 fully saturated rings. The summed E-state index contributed by atoms with van der Waals surface area (Å²) in [5.74, 6) is -0.316. The standard InChI is InChI=1S/C14H9Cl2F3N4S/c15-8-3-1-7(2-4-8)11-9(5-20)10(16)12(14(17,18)19)23(11)6-24-13(21)22/h1-4H,6H2,(H3,21,22). The fourth-order valence-electron chi connectivity index (χ4n) is 2.14. The molecule has 0 amide bonds. The van der Waals surface area contributed by atoms with Crippen LogP contribution in [0.3, 0.4) is 0 Å². The first-order valence-electron chi connectivity index (χ1n) is 6.28. The Hall–Kier alpha value is -1.82. The van der Waals surface area contributed by atoms with Crippen LogP contribution in [0.5, 0.6) is 0 Å². The van der Waals surface area contributed by atoms with Gasteiger partial charge in [-0.05, 0) is 17.7 Å². The van der Waals surface area contributed by atoms with Crippen molar-refractivity contribution in [1.29, 1.82) is 10.7 Å². The van der Waals surface area contributed by atoms with Gasteiger partial charge in [0.1, 0.15) is 11.8 Å². The zero-order chi connectivity index (χ0) is 18.1. The molecule has 0 unspecified atom stereocenters. The molecule has 0 spiro atoms. The van der Waals surface area contributed by atoms with Gasteiger partial charge in [-0.25, -0.2) is 0 Å². The van der Waals surface area contributed by atoms with Crippen molar-refractivity contribution in [1.82, 2.24) is 4.57 Å². The Labute approximate surface area is 149 Å². The van der Waals surface area contributed by atoms with Gasteiger partial charge in [-0.2, -0.15) is 18.4 Å². The Kier molecular flexibility index (Phi) is 5.38. The highest BCUT2D eigenvalue weighted by atomic mass is 35.5. The van der Waals surface area contributed by atoms with Crippen molar-refractivity contribution in [3.05, 3.63) is 45.6 Å². The van der Waals surface area contributed by atoms with Crippen LogP contribution in [0.15, 0.2) is 24.3 Å². The number of alkyl halides is 3. The molecule has 3 N–H and O–H groups in total. The van der Waals surface area contributed by atoms with Gasteiger partial charge in [0.05, 0.1) is 22.2 Å². The summed E-state index contributed by atoms with van der Waals surface area (Å²) in [5.41, 5.74) is 4.12. The fourth-order valence-corrected chi connectivity index (χ4v) is 3.13. The largest absolute Gasteiger partial charge is 0.432 e. The van der Waals surface area contributed by atoms with E-state index >= 15 is 0 Å². The van der Waals surface area contributed by atoms with Crippen molar-refractivity contribution < 1.29 is 13.2 Å². The number of amidine groups is 1. The topological polar surface area (TPSA) is 78.6 Å². The normalized spacial score (nSPS) is 11.3. The van der Waals surface area contributed by atoms with Gasteiger partial charge < -0.3 is 10.3 Å². The number of benzene rings is 1. The molecule has 0 saturated carbocycles. The number of nitrogens with two attached hydrogens (primary N) is 1. The number of thioether (sulfide) groups is 1. The quantitative estimate of drug-likeness (QED) is 0.573. The first-order valence-corrected chi connectivity index (χ1v) is 8.03. The van der Waals surface area contributed by atoms with Gasteiger partial charge in [0.2, 0.25) is 0 Å². The second kappa shape index (κ2) is 6.97. The molecular formula is C14H9Cl2F3N4S. The molecule has 0 aliphatic carbocycles. The average molecular weight is 393 g/mol. The minimum Gasteiger partial charge on any atom is -0.379 e. The molecule has 0 aliphatic rings. The summed E-state index contributed by atoms with van der Waals surface area (Å²) >= 11 is 12.3. The summed E-state index contributed by atoms with van der Waals surface area (Å²) in [4.78, 5) is 0. The molecule has 1 aromatic heterocycles. The van der Waals surface area contributed by atoms with E-state index in [0.717, 1.165) is 4.57 Å². The molecule has 0 aliphatic heterocycles. The number of nitriles is 1. The predicted octanol–water partition coefficient (Wildman–Crippen LogP) is 4.94. The molecule has 1 heterocycles. The zero-order valence-electron chi connectivity index (χ0n) is 11.8. The molecule has 10 heteroatoms. The van der Waals surface area contributed by atoms with Crippen molar-refractivity contribution in [2.24, 2.45) is 5.73 Å². The van der Waals surface area contributed by atoms with Gasteiger partial charge in [-0.3, -0.25) is 5.41 Å². The minimum atomic E-state index is -4.77. The summed E-state index contributed by atoms with van der Waals surface area (Å²) in [7, 11) is 0. The summed E-state index contributed by atoms with van der Waals surface area (Å²) in [6.07, 6.45) is -4.77. The van der Waals surface area contributed by atoms with Crippen molar-refractivity contribution in [2.45, 2.75) is 12.1 Å². The van der Waals surface area contributed by atoms with E-state index < -0.39 is 16.9 Å². The number of hydrogen-bond donors (Lipinski definition) is 2. The Morgan fingerprint density at radius 2 is 1.88 bits per heavy atom. The van der Waals surface area contributed by atoms with Crippen LogP contribution in [-0.2, 0) is 12.1 Å². The van der Waals surface area contributed by atoms with Crippen molar-refractivity contribution in [3.63, 3.8) is 0 Å². The SMILES string of the molecule is N#Cc1c(Cl)c(C(F)(F)F)n(CSC(=N)N)c1-c1ccc(Cl)cc1. The number of nitrogens with one attached hydrogen (secondary N) is 1. The molecule has 2 rings (SSSR count). The van der Waals surface area contributed by atoms with E-state index in [4.69, 9.17) is 34.3 Å². The third kappa shape index (κ3) is 3.64. The minimum absolute atomic E-state index is 0.000224. The van der Waals surface area contributed by atoms with Crippen molar-refractivity contribution >= 4 is 40.1 Å². The van der Waals surface area contributed by atoms with E-state index in [1.54, 1.807) is 6.07 Å². The molecule has 0 bridgehead atoms. The van der Waals surface area contributed by atoms with Crippen LogP contribution in [-0.4, -0.2) is 9.73 Å². The summed E-state index contributed by atoms with van der Waals surface area (Å²) in [6, 6.07) is 7.69. The summed E-state index contributed by atoms with van der Waals surface area (Å²) in [5, 5.41) is 15.9. The Morgan fingerprint density at radius 1 is 1.29 bits per heavy atom. The number of rotatable bonds is 3. The van der Waals surface area contributed by atoms with Gasteiger partial charge in [0, 0.05) is 5.02 Å². The van der Waals surface area contributed by atoms with Crippen LogP contribution >= 0.6 is 35.0 Å². The van der Waals surface area contributed by atoms with Gasteiger partial charge >= 0.3 is 6.18 Å². The lowest BCUT2D eigenvalue weighted by atomic mass is 10.1. The van der Waals surface area contributed by atoms with Crippen molar-refractivity contribution in [2.75, 3.05) is 0 Å². The number of halogens is 5. The van der Waals surface area contributed by atoms with Crippen molar-refractivity contribution in [3.8, 4) is 17.3 Å². The lowest BCUT2D eigenvalue weighted by Crippen LogP contribution is -2.16. The molecule has 126 valence electrons. The maximum atomic E-state index is 13.4. The van der Waals surface area contributed by atoms with Crippen LogP contribution in [0.4, 0.5) is 13.2 Å². The molecule has 0 atom stereocenters. The van der Waals surface area contributed by atoms with Gasteiger partial charge in [-0.1, -0.05) is 47.1 Å². The average Bonchev–Trinajstić information content (AvgIpc) is 2.77. The lowest BCUT2D eigenvalue weighted by Gasteiger charge is -2.15. The molecule has 0 radical (unpaired) electrons. The van der Waals surface area contributed by atoms with Crippen LogP contribution in [0.1, 0.15) is 11.3 Å². The van der Waals surface area contributed by atoms with E-state index in [1.165, 1.54) is 24.3 Å². The Morgan fingerprint density at radius 3 is 2.33 bits per heavy atom. The van der Waals surface area contributed by atoms with E-state index in [2.05, 4.69) is 0 Å². The molecule has 1 aromatic carbocycles. The maximum Gasteiger partial charge on any atom is 0.432 e. The highest BCUT2D eigenvalue weighted by Gasteiger charge is 2.41. The molecule has 4 nitrogen and oxygen atoms in total. The number of aromatic nitrogens is 1. The first kappa shape index (κ1) is 18.5. The number of hydrogen-bond acceptors (Lipinski definition) is 3.